The number of ether oxygens (including phenoxy) is 2. The molecule has 6 nitrogen and oxygen atoms in total. The van der Waals surface area contributed by atoms with E-state index in [-0.39, 0.29) is 31.7 Å². The second kappa shape index (κ2) is 8.65. The highest BCUT2D eigenvalue weighted by molar-refractivity contribution is 7.89. The Labute approximate surface area is 172 Å². The molecule has 0 amide bonds. The predicted molar refractivity (Wildman–Crippen MR) is 102 cm³/mol. The molecule has 0 aromatic heterocycles. The van der Waals surface area contributed by atoms with Crippen molar-refractivity contribution in [3.05, 3.63) is 54.1 Å². The molecular weight excluding hydrogens is 423 g/mol. The molecule has 1 aliphatic rings. The molecule has 0 spiro atoms. The van der Waals surface area contributed by atoms with Crippen molar-refractivity contribution in [2.75, 3.05) is 20.2 Å². The minimum absolute atomic E-state index is 0.0831. The van der Waals surface area contributed by atoms with Gasteiger partial charge in [0.05, 0.1) is 23.5 Å². The minimum Gasteiger partial charge on any atom is -0.493 e. The Bertz CT molecular complexity index is 1020. The molecule has 2 aromatic rings. The lowest BCUT2D eigenvalue weighted by Crippen LogP contribution is -2.41. The van der Waals surface area contributed by atoms with Gasteiger partial charge in [0, 0.05) is 13.1 Å². The largest absolute Gasteiger partial charge is 0.493 e. The summed E-state index contributed by atoms with van der Waals surface area (Å²) < 4.78 is 76.8. The zero-order valence-electron chi connectivity index (χ0n) is 16.1. The van der Waals surface area contributed by atoms with Gasteiger partial charge in [-0.15, -0.1) is 0 Å². The highest BCUT2D eigenvalue weighted by Crippen LogP contribution is 2.36. The summed E-state index contributed by atoms with van der Waals surface area (Å²) in [7, 11) is -2.91. The number of halogens is 3. The first kappa shape index (κ1) is 22.1. The van der Waals surface area contributed by atoms with Crippen molar-refractivity contribution in [1.82, 2.24) is 4.31 Å². The first-order valence-corrected chi connectivity index (χ1v) is 10.6. The summed E-state index contributed by atoms with van der Waals surface area (Å²) in [5.74, 6) is -0.472. The zero-order valence-corrected chi connectivity index (χ0v) is 16.9. The van der Waals surface area contributed by atoms with Gasteiger partial charge in [-0.2, -0.15) is 17.5 Å². The topological polar surface area (TPSA) is 72.9 Å². The van der Waals surface area contributed by atoms with Crippen LogP contribution in [-0.4, -0.2) is 38.9 Å². The Morgan fingerprint density at radius 2 is 1.57 bits per heavy atom. The van der Waals surface area contributed by atoms with E-state index in [1.165, 1.54) is 13.2 Å². The van der Waals surface area contributed by atoms with E-state index in [4.69, 9.17) is 9.47 Å². The number of rotatable bonds is 5. The fourth-order valence-corrected chi connectivity index (χ4v) is 4.97. The van der Waals surface area contributed by atoms with Gasteiger partial charge in [0.1, 0.15) is 0 Å². The van der Waals surface area contributed by atoms with E-state index in [1.807, 2.05) is 0 Å². The molecule has 0 radical (unpaired) electrons. The summed E-state index contributed by atoms with van der Waals surface area (Å²) in [6, 6.07) is 10.7. The highest BCUT2D eigenvalue weighted by atomic mass is 32.2. The number of hydrogen-bond acceptors (Lipinski definition) is 5. The molecule has 3 rings (SSSR count). The van der Waals surface area contributed by atoms with Crippen molar-refractivity contribution in [3.63, 3.8) is 0 Å². The molecule has 1 aliphatic heterocycles. The van der Waals surface area contributed by atoms with E-state index in [1.54, 1.807) is 24.3 Å². The number of esters is 1. The van der Waals surface area contributed by atoms with Crippen molar-refractivity contribution >= 4 is 16.0 Å². The first-order chi connectivity index (χ1) is 14.1. The van der Waals surface area contributed by atoms with E-state index in [9.17, 15) is 26.4 Å². The van der Waals surface area contributed by atoms with Crippen LogP contribution in [0.15, 0.2) is 53.4 Å². The lowest BCUT2D eigenvalue weighted by molar-refractivity contribution is -0.140. The molecule has 10 heteroatoms. The first-order valence-electron chi connectivity index (χ1n) is 9.15. The fourth-order valence-electron chi connectivity index (χ4n) is 3.29. The van der Waals surface area contributed by atoms with Crippen LogP contribution in [0.2, 0.25) is 0 Å². The lowest BCUT2D eigenvalue weighted by atomic mass is 9.98. The molecular formula is C20H20F3NO5S. The summed E-state index contributed by atoms with van der Waals surface area (Å²) in [5, 5.41) is 0. The standard InChI is InChI=1S/C20H20F3NO5S/c1-28-16-7-3-4-8-17(16)29-19(25)14-10-12-24(13-11-14)30(26,27)18-9-5-2-6-15(18)20(21,22)23/h2-9,14H,10-13H2,1H3. The molecule has 1 saturated heterocycles. The zero-order chi connectivity index (χ0) is 21.9. The molecule has 0 atom stereocenters. The van der Waals surface area contributed by atoms with Crippen LogP contribution < -0.4 is 9.47 Å². The number of carbonyl (C=O) groups excluding carboxylic acids is 1. The summed E-state index contributed by atoms with van der Waals surface area (Å²) >= 11 is 0. The van der Waals surface area contributed by atoms with E-state index in [0.29, 0.717) is 5.75 Å². The van der Waals surface area contributed by atoms with Crippen LogP contribution in [0.5, 0.6) is 11.5 Å². The third kappa shape index (κ3) is 4.59. The van der Waals surface area contributed by atoms with Crippen LogP contribution in [0.3, 0.4) is 0 Å². The van der Waals surface area contributed by atoms with Gasteiger partial charge >= 0.3 is 12.1 Å². The number of carbonyl (C=O) groups is 1. The van der Waals surface area contributed by atoms with Crippen molar-refractivity contribution in [2.45, 2.75) is 23.9 Å². The molecule has 162 valence electrons. The number of sulfonamides is 1. The Morgan fingerprint density at radius 3 is 2.17 bits per heavy atom. The van der Waals surface area contributed by atoms with Crippen molar-refractivity contribution < 1.29 is 35.9 Å². The van der Waals surface area contributed by atoms with Crippen LogP contribution in [0.25, 0.3) is 0 Å². The molecule has 30 heavy (non-hydrogen) atoms. The molecule has 1 heterocycles. The van der Waals surface area contributed by atoms with Gasteiger partial charge in [-0.25, -0.2) is 8.42 Å². The average Bonchev–Trinajstić information content (AvgIpc) is 2.73. The molecule has 2 aromatic carbocycles. The highest BCUT2D eigenvalue weighted by Gasteiger charge is 2.40. The summed E-state index contributed by atoms with van der Waals surface area (Å²) in [5.41, 5.74) is -1.21. The number of para-hydroxylation sites is 2. The van der Waals surface area contributed by atoms with Gasteiger partial charge in [0.2, 0.25) is 10.0 Å². The van der Waals surface area contributed by atoms with Crippen LogP contribution in [-0.2, 0) is 21.0 Å². The summed E-state index contributed by atoms with van der Waals surface area (Å²) in [4.78, 5) is 11.7. The number of benzene rings is 2. The average molecular weight is 443 g/mol. The van der Waals surface area contributed by atoms with Crippen LogP contribution in [0, 0.1) is 5.92 Å². The molecule has 0 aliphatic carbocycles. The second-order valence-corrected chi connectivity index (χ2v) is 8.65. The molecule has 1 fully saturated rings. The Morgan fingerprint density at radius 1 is 1.00 bits per heavy atom. The van der Waals surface area contributed by atoms with Gasteiger partial charge in [-0.3, -0.25) is 4.79 Å². The minimum atomic E-state index is -4.79. The van der Waals surface area contributed by atoms with Crippen molar-refractivity contribution in [2.24, 2.45) is 5.92 Å². The predicted octanol–water partition coefficient (Wildman–Crippen LogP) is 3.72. The quantitative estimate of drug-likeness (QED) is 0.520. The number of methoxy groups -OCH3 is 1. The van der Waals surface area contributed by atoms with Gasteiger partial charge < -0.3 is 9.47 Å². The van der Waals surface area contributed by atoms with Gasteiger partial charge in [0.15, 0.2) is 11.5 Å². The Balaban J connectivity index is 1.70. The maximum atomic E-state index is 13.2. The van der Waals surface area contributed by atoms with Crippen LogP contribution >= 0.6 is 0 Å². The second-order valence-electron chi connectivity index (χ2n) is 6.74. The Kier molecular flexibility index (Phi) is 6.37. The van der Waals surface area contributed by atoms with Gasteiger partial charge in [-0.05, 0) is 37.1 Å². The van der Waals surface area contributed by atoms with Crippen molar-refractivity contribution in [1.29, 1.82) is 0 Å². The number of piperidine rings is 1. The lowest BCUT2D eigenvalue weighted by Gasteiger charge is -2.30. The molecule has 0 saturated carbocycles. The molecule has 0 N–H and O–H groups in total. The monoisotopic (exact) mass is 443 g/mol. The van der Waals surface area contributed by atoms with E-state index in [2.05, 4.69) is 0 Å². The van der Waals surface area contributed by atoms with E-state index in [0.717, 1.165) is 22.5 Å². The molecule has 0 bridgehead atoms. The van der Waals surface area contributed by atoms with E-state index >= 15 is 0 Å². The number of alkyl halides is 3. The number of nitrogens with zero attached hydrogens (tertiary/aromatic N) is 1. The van der Waals surface area contributed by atoms with Gasteiger partial charge in [-0.1, -0.05) is 24.3 Å². The smallest absolute Gasteiger partial charge is 0.417 e. The fraction of sp³-hybridized carbons (Fsp3) is 0.350. The third-order valence-electron chi connectivity index (χ3n) is 4.88. The number of hydrogen-bond donors (Lipinski definition) is 0. The SMILES string of the molecule is COc1ccccc1OC(=O)C1CCN(S(=O)(=O)c2ccccc2C(F)(F)F)CC1. The Hall–Kier alpha value is -2.59. The maximum absolute atomic E-state index is 13.2. The van der Waals surface area contributed by atoms with Crippen LogP contribution in [0.1, 0.15) is 18.4 Å². The van der Waals surface area contributed by atoms with Gasteiger partial charge in [0.25, 0.3) is 0 Å². The third-order valence-corrected chi connectivity index (χ3v) is 6.83. The summed E-state index contributed by atoms with van der Waals surface area (Å²) in [6.07, 6.45) is -4.51. The van der Waals surface area contributed by atoms with E-state index < -0.39 is 38.5 Å². The summed E-state index contributed by atoms with van der Waals surface area (Å²) in [6.45, 7) is -0.166. The van der Waals surface area contributed by atoms with Crippen molar-refractivity contribution in [3.8, 4) is 11.5 Å². The maximum Gasteiger partial charge on any atom is 0.417 e. The van der Waals surface area contributed by atoms with Crippen LogP contribution in [0.4, 0.5) is 13.2 Å². The molecule has 0 unspecified atom stereocenters. The normalized spacial score (nSPS) is 16.3.